The molecule has 0 saturated heterocycles. The summed E-state index contributed by atoms with van der Waals surface area (Å²) < 4.78 is 5.22. The fourth-order valence-corrected chi connectivity index (χ4v) is 3.90. The SMILES string of the molecule is COc1cccc(-c2nnc(NC(=O)[C@@H](C)NC(=O)C[C@H](C)CC(C)(C)C)s2)c1. The van der Waals surface area contributed by atoms with E-state index in [2.05, 4.69) is 48.5 Å². The lowest BCUT2D eigenvalue weighted by Crippen LogP contribution is -2.42. The topological polar surface area (TPSA) is 93.2 Å². The van der Waals surface area contributed by atoms with E-state index in [4.69, 9.17) is 4.74 Å². The maximum Gasteiger partial charge on any atom is 0.248 e. The molecule has 0 aliphatic carbocycles. The number of ether oxygens (including phenoxy) is 1. The third-order valence-electron chi connectivity index (χ3n) is 4.24. The molecule has 0 unspecified atom stereocenters. The minimum absolute atomic E-state index is 0.126. The van der Waals surface area contributed by atoms with Crippen molar-refractivity contribution >= 4 is 28.3 Å². The highest BCUT2D eigenvalue weighted by molar-refractivity contribution is 7.18. The smallest absolute Gasteiger partial charge is 0.248 e. The van der Waals surface area contributed by atoms with Crippen LogP contribution in [0.15, 0.2) is 24.3 Å². The highest BCUT2D eigenvalue weighted by atomic mass is 32.1. The van der Waals surface area contributed by atoms with Crippen molar-refractivity contribution in [3.05, 3.63) is 24.3 Å². The number of amides is 2. The number of methoxy groups -OCH3 is 1. The molecule has 0 aliphatic rings. The van der Waals surface area contributed by atoms with Gasteiger partial charge in [0.05, 0.1) is 7.11 Å². The first-order valence-electron chi connectivity index (χ1n) is 9.65. The summed E-state index contributed by atoms with van der Waals surface area (Å²) in [5.74, 6) is 0.521. The quantitative estimate of drug-likeness (QED) is 0.673. The zero-order chi connectivity index (χ0) is 21.6. The second kappa shape index (κ2) is 9.82. The van der Waals surface area contributed by atoms with Crippen LogP contribution in [0.1, 0.15) is 47.5 Å². The van der Waals surface area contributed by atoms with E-state index in [0.29, 0.717) is 16.6 Å². The van der Waals surface area contributed by atoms with Crippen molar-refractivity contribution in [2.45, 2.75) is 53.5 Å². The van der Waals surface area contributed by atoms with Crippen molar-refractivity contribution in [3.8, 4) is 16.3 Å². The molecule has 2 aromatic rings. The molecule has 0 saturated carbocycles. The van der Waals surface area contributed by atoms with Crippen molar-refractivity contribution in [1.82, 2.24) is 15.5 Å². The van der Waals surface area contributed by atoms with Crippen LogP contribution < -0.4 is 15.4 Å². The Morgan fingerprint density at radius 2 is 1.93 bits per heavy atom. The molecule has 158 valence electrons. The average Bonchev–Trinajstić information content (AvgIpc) is 3.08. The summed E-state index contributed by atoms with van der Waals surface area (Å²) in [6.07, 6.45) is 1.34. The van der Waals surface area contributed by atoms with Crippen LogP contribution in [0, 0.1) is 11.3 Å². The molecule has 8 heteroatoms. The molecular formula is C21H30N4O3S. The Kier molecular flexibility index (Phi) is 7.73. The summed E-state index contributed by atoms with van der Waals surface area (Å²) in [7, 11) is 1.60. The van der Waals surface area contributed by atoms with Gasteiger partial charge in [0.1, 0.15) is 16.8 Å². The van der Waals surface area contributed by atoms with Gasteiger partial charge in [-0.15, -0.1) is 10.2 Å². The molecule has 1 aromatic carbocycles. The first kappa shape index (κ1) is 22.8. The van der Waals surface area contributed by atoms with Gasteiger partial charge in [-0.05, 0) is 36.8 Å². The Morgan fingerprint density at radius 1 is 1.21 bits per heavy atom. The summed E-state index contributed by atoms with van der Waals surface area (Å²) in [6.45, 7) is 10.2. The zero-order valence-corrected chi connectivity index (χ0v) is 18.7. The molecule has 7 nitrogen and oxygen atoms in total. The lowest BCUT2D eigenvalue weighted by Gasteiger charge is -2.23. The number of nitrogens with one attached hydrogen (secondary N) is 2. The number of nitrogens with zero attached hydrogens (tertiary/aromatic N) is 2. The van der Waals surface area contributed by atoms with Crippen LogP contribution in [0.3, 0.4) is 0 Å². The summed E-state index contributed by atoms with van der Waals surface area (Å²) >= 11 is 1.26. The summed E-state index contributed by atoms with van der Waals surface area (Å²) in [4.78, 5) is 24.6. The molecule has 1 heterocycles. The van der Waals surface area contributed by atoms with Crippen molar-refractivity contribution in [3.63, 3.8) is 0 Å². The molecule has 0 bridgehead atoms. The lowest BCUT2D eigenvalue weighted by molar-refractivity contribution is -0.126. The number of benzene rings is 1. The molecule has 0 radical (unpaired) electrons. The molecule has 2 N–H and O–H groups in total. The Balaban J connectivity index is 1.89. The second-order valence-corrected chi connectivity index (χ2v) is 9.47. The highest BCUT2D eigenvalue weighted by Gasteiger charge is 2.21. The molecular weight excluding hydrogens is 388 g/mol. The molecule has 2 rings (SSSR count). The molecule has 1 aromatic heterocycles. The number of carbonyl (C=O) groups excluding carboxylic acids is 2. The van der Waals surface area contributed by atoms with E-state index >= 15 is 0 Å². The summed E-state index contributed by atoms with van der Waals surface area (Å²) in [5, 5.41) is 14.7. The third-order valence-corrected chi connectivity index (χ3v) is 5.13. The Labute approximate surface area is 176 Å². The van der Waals surface area contributed by atoms with Crippen LogP contribution in [-0.2, 0) is 9.59 Å². The van der Waals surface area contributed by atoms with Gasteiger partial charge in [-0.25, -0.2) is 0 Å². The van der Waals surface area contributed by atoms with Gasteiger partial charge in [0.15, 0.2) is 0 Å². The number of carbonyl (C=O) groups is 2. The van der Waals surface area contributed by atoms with Crippen LogP contribution in [-0.4, -0.2) is 35.2 Å². The number of rotatable bonds is 8. The Bertz CT molecular complexity index is 844. The monoisotopic (exact) mass is 418 g/mol. The van der Waals surface area contributed by atoms with E-state index < -0.39 is 6.04 Å². The molecule has 29 heavy (non-hydrogen) atoms. The van der Waals surface area contributed by atoms with Gasteiger partial charge < -0.3 is 10.1 Å². The van der Waals surface area contributed by atoms with Gasteiger partial charge in [-0.3, -0.25) is 14.9 Å². The van der Waals surface area contributed by atoms with Gasteiger partial charge in [0.2, 0.25) is 16.9 Å². The standard InChI is InChI=1S/C21H30N4O3S/c1-13(12-21(3,4)5)10-17(26)22-14(2)18(27)23-20-25-24-19(29-20)15-8-7-9-16(11-15)28-6/h7-9,11,13-14H,10,12H2,1-6H3,(H,22,26)(H,23,25,27)/t13-,14+/m0/s1. The van der Waals surface area contributed by atoms with E-state index in [-0.39, 0.29) is 23.1 Å². The van der Waals surface area contributed by atoms with Gasteiger partial charge in [0, 0.05) is 12.0 Å². The van der Waals surface area contributed by atoms with Crippen LogP contribution in [0.25, 0.3) is 10.6 Å². The van der Waals surface area contributed by atoms with E-state index in [1.165, 1.54) is 11.3 Å². The van der Waals surface area contributed by atoms with Crippen LogP contribution in [0.5, 0.6) is 5.75 Å². The zero-order valence-electron chi connectivity index (χ0n) is 17.9. The minimum Gasteiger partial charge on any atom is -0.497 e. The number of anilines is 1. The van der Waals surface area contributed by atoms with Gasteiger partial charge >= 0.3 is 0 Å². The molecule has 2 amide bonds. The van der Waals surface area contributed by atoms with Gasteiger partial charge in [-0.1, -0.05) is 51.2 Å². The maximum atomic E-state index is 12.4. The van der Waals surface area contributed by atoms with Gasteiger partial charge in [-0.2, -0.15) is 0 Å². The van der Waals surface area contributed by atoms with Crippen molar-refractivity contribution in [2.75, 3.05) is 12.4 Å². The minimum atomic E-state index is -0.659. The van der Waals surface area contributed by atoms with E-state index in [1.54, 1.807) is 14.0 Å². The average molecular weight is 419 g/mol. The number of aromatic nitrogens is 2. The van der Waals surface area contributed by atoms with E-state index in [9.17, 15) is 9.59 Å². The van der Waals surface area contributed by atoms with E-state index in [0.717, 1.165) is 17.7 Å². The molecule has 0 aliphatic heterocycles. The number of hydrogen-bond donors (Lipinski definition) is 2. The first-order valence-corrected chi connectivity index (χ1v) is 10.5. The largest absolute Gasteiger partial charge is 0.497 e. The molecule has 0 spiro atoms. The van der Waals surface area contributed by atoms with Gasteiger partial charge in [0.25, 0.3) is 0 Å². The number of hydrogen-bond acceptors (Lipinski definition) is 6. The predicted molar refractivity (Wildman–Crippen MR) is 116 cm³/mol. The van der Waals surface area contributed by atoms with Crippen LogP contribution in [0.4, 0.5) is 5.13 Å². The maximum absolute atomic E-state index is 12.4. The first-order chi connectivity index (χ1) is 13.6. The van der Waals surface area contributed by atoms with E-state index in [1.807, 2.05) is 24.3 Å². The fraction of sp³-hybridized carbons (Fsp3) is 0.524. The van der Waals surface area contributed by atoms with Crippen molar-refractivity contribution in [1.29, 1.82) is 0 Å². The van der Waals surface area contributed by atoms with Crippen molar-refractivity contribution in [2.24, 2.45) is 11.3 Å². The third kappa shape index (κ3) is 7.45. The lowest BCUT2D eigenvalue weighted by atomic mass is 9.84. The Hall–Kier alpha value is -2.48. The fourth-order valence-electron chi connectivity index (χ4n) is 3.16. The highest BCUT2D eigenvalue weighted by Crippen LogP contribution is 2.29. The normalized spacial score (nSPS) is 13.4. The molecule has 0 fully saturated rings. The Morgan fingerprint density at radius 3 is 2.59 bits per heavy atom. The second-order valence-electron chi connectivity index (χ2n) is 8.50. The summed E-state index contributed by atoms with van der Waals surface area (Å²) in [6, 6.07) is 6.81. The van der Waals surface area contributed by atoms with Crippen molar-refractivity contribution < 1.29 is 14.3 Å². The predicted octanol–water partition coefficient (Wildman–Crippen LogP) is 4.12. The van der Waals surface area contributed by atoms with Crippen LogP contribution in [0.2, 0.25) is 0 Å². The summed E-state index contributed by atoms with van der Waals surface area (Å²) in [5.41, 5.74) is 1.03. The molecule has 2 atom stereocenters. The van der Waals surface area contributed by atoms with Crippen LogP contribution >= 0.6 is 11.3 Å².